The molecule has 0 aliphatic rings. The van der Waals surface area contributed by atoms with E-state index in [4.69, 9.17) is 5.73 Å². The van der Waals surface area contributed by atoms with Crippen molar-refractivity contribution < 1.29 is 8.62 Å². The minimum atomic E-state index is -0.518. The molecule has 0 saturated heterocycles. The molecule has 0 fully saturated rings. The van der Waals surface area contributed by atoms with Crippen LogP contribution in [0.2, 0.25) is 0 Å². The van der Waals surface area contributed by atoms with E-state index in [9.17, 15) is 4.79 Å². The van der Waals surface area contributed by atoms with Gasteiger partial charge in [0.2, 0.25) is 0 Å². The van der Waals surface area contributed by atoms with E-state index < -0.39 is 5.97 Å². The van der Waals surface area contributed by atoms with Crippen LogP contribution in [0.4, 0.5) is 5.13 Å². The van der Waals surface area contributed by atoms with Gasteiger partial charge in [-0.25, -0.2) is 9.78 Å². The Labute approximate surface area is 75.8 Å². The van der Waals surface area contributed by atoms with Crippen LogP contribution in [-0.4, -0.2) is 11.0 Å². The first-order chi connectivity index (χ1) is 5.15. The molecule has 0 atom stereocenters. The monoisotopic (exact) mass is 236 g/mol. The second-order valence-electron chi connectivity index (χ2n) is 1.82. The fourth-order valence-electron chi connectivity index (χ4n) is 0.643. The third-order valence-corrected chi connectivity index (χ3v) is 2.17. The molecule has 1 heterocycles. The van der Waals surface area contributed by atoms with Gasteiger partial charge < -0.3 is 9.56 Å². The number of anilines is 1. The van der Waals surface area contributed by atoms with Gasteiger partial charge in [0.1, 0.15) is 0 Å². The van der Waals surface area contributed by atoms with Crippen molar-refractivity contribution in [1.29, 1.82) is 0 Å². The van der Waals surface area contributed by atoms with E-state index in [1.807, 2.05) is 0 Å². The zero-order valence-electron chi connectivity index (χ0n) is 5.63. The van der Waals surface area contributed by atoms with Gasteiger partial charge in [-0.15, -0.1) is 11.3 Å². The molecule has 1 rings (SSSR count). The Morgan fingerprint density at radius 1 is 1.82 bits per heavy atom. The predicted molar refractivity (Wildman–Crippen MR) is 45.6 cm³/mol. The summed E-state index contributed by atoms with van der Waals surface area (Å²) < 4.78 is 4.29. The van der Waals surface area contributed by atoms with Crippen LogP contribution in [0.25, 0.3) is 0 Å². The Kier molecular flexibility index (Phi) is 2.45. The lowest BCUT2D eigenvalue weighted by Gasteiger charge is -1.90. The normalized spacial score (nSPS) is 9.64. The first kappa shape index (κ1) is 8.48. The number of nitrogens with two attached hydrogens (primary N) is 1. The summed E-state index contributed by atoms with van der Waals surface area (Å²) in [6.07, 6.45) is 0. The molecule has 0 spiro atoms. The van der Waals surface area contributed by atoms with Crippen molar-refractivity contribution >= 4 is 38.7 Å². The van der Waals surface area contributed by atoms with Crippen molar-refractivity contribution in [3.05, 3.63) is 10.6 Å². The number of thiazole rings is 1. The molecule has 0 radical (unpaired) electrons. The number of carbonyl (C=O) groups excluding carboxylic acids is 1. The lowest BCUT2D eigenvalue weighted by Crippen LogP contribution is -2.00. The molecule has 4 nitrogen and oxygen atoms in total. The lowest BCUT2D eigenvalue weighted by atomic mass is 10.4. The van der Waals surface area contributed by atoms with Crippen LogP contribution >= 0.6 is 27.6 Å². The maximum atomic E-state index is 10.9. The van der Waals surface area contributed by atoms with Crippen molar-refractivity contribution in [3.8, 4) is 0 Å². The minimum Gasteiger partial charge on any atom is -0.379 e. The van der Waals surface area contributed by atoms with Gasteiger partial charge in [-0.3, -0.25) is 0 Å². The van der Waals surface area contributed by atoms with Crippen LogP contribution < -0.4 is 5.73 Å². The van der Waals surface area contributed by atoms with E-state index in [0.717, 1.165) is 4.88 Å². The molecule has 60 valence electrons. The number of rotatable bonds is 1. The average Bonchev–Trinajstić information content (AvgIpc) is 2.28. The van der Waals surface area contributed by atoms with Crippen molar-refractivity contribution in [3.63, 3.8) is 0 Å². The predicted octanol–water partition coefficient (Wildman–Crippen LogP) is 1.50. The van der Waals surface area contributed by atoms with Crippen LogP contribution in [0, 0.1) is 6.92 Å². The summed E-state index contributed by atoms with van der Waals surface area (Å²) in [5.74, 6) is -0.518. The molecule has 0 aromatic carbocycles. The van der Waals surface area contributed by atoms with Crippen LogP contribution in [0.5, 0.6) is 0 Å². The molecule has 6 heteroatoms. The summed E-state index contributed by atoms with van der Waals surface area (Å²) in [5, 5.41) is 0.371. The zero-order valence-corrected chi connectivity index (χ0v) is 8.03. The second kappa shape index (κ2) is 3.19. The lowest BCUT2D eigenvalue weighted by molar-refractivity contribution is 0.0776. The van der Waals surface area contributed by atoms with E-state index in [1.54, 1.807) is 6.92 Å². The van der Waals surface area contributed by atoms with Gasteiger partial charge in [0, 0.05) is 4.88 Å². The molecule has 1 aromatic heterocycles. The molecule has 2 N–H and O–H groups in total. The van der Waals surface area contributed by atoms with Gasteiger partial charge in [-0.1, -0.05) is 0 Å². The number of carbonyl (C=O) groups is 1. The third kappa shape index (κ3) is 1.69. The summed E-state index contributed by atoms with van der Waals surface area (Å²) in [6, 6.07) is 0. The second-order valence-corrected chi connectivity index (χ2v) is 3.38. The molecular weight excluding hydrogens is 232 g/mol. The number of hydrogen-bond donors (Lipinski definition) is 1. The summed E-state index contributed by atoms with van der Waals surface area (Å²) >= 11 is 3.83. The number of aryl methyl sites for hydroxylation is 1. The Morgan fingerprint density at radius 2 is 2.45 bits per heavy atom. The molecular formula is C5H5BrN2O2S. The molecule has 0 unspecified atom stereocenters. The topological polar surface area (TPSA) is 65.2 Å². The fraction of sp³-hybridized carbons (Fsp3) is 0.200. The van der Waals surface area contributed by atoms with E-state index in [2.05, 4.69) is 25.1 Å². The summed E-state index contributed by atoms with van der Waals surface area (Å²) in [5.41, 5.74) is 5.62. The van der Waals surface area contributed by atoms with Crippen LogP contribution in [0.15, 0.2) is 0 Å². The van der Waals surface area contributed by atoms with Gasteiger partial charge >= 0.3 is 5.97 Å². The van der Waals surface area contributed by atoms with E-state index >= 15 is 0 Å². The Hall–Kier alpha value is -0.620. The Bertz CT molecular complexity index is 286. The van der Waals surface area contributed by atoms with Gasteiger partial charge in [0.25, 0.3) is 0 Å². The van der Waals surface area contributed by atoms with Crippen molar-refractivity contribution in [2.75, 3.05) is 5.73 Å². The van der Waals surface area contributed by atoms with Crippen molar-refractivity contribution in [2.24, 2.45) is 0 Å². The standard InChI is InChI=1S/C5H5BrN2O2S/c1-2-3(4(9)10-6)8-5(7)11-2/h1H3,(H2,7,8). The smallest absolute Gasteiger partial charge is 0.369 e. The zero-order chi connectivity index (χ0) is 8.43. The minimum absolute atomic E-state index is 0.268. The maximum absolute atomic E-state index is 10.9. The van der Waals surface area contributed by atoms with E-state index in [-0.39, 0.29) is 5.69 Å². The maximum Gasteiger partial charge on any atom is 0.369 e. The quantitative estimate of drug-likeness (QED) is 0.803. The highest BCUT2D eigenvalue weighted by Crippen LogP contribution is 2.19. The SMILES string of the molecule is Cc1sc(N)nc1C(=O)OBr. The molecule has 0 bridgehead atoms. The van der Waals surface area contributed by atoms with Gasteiger partial charge in [-0.05, 0) is 6.92 Å². The number of halogens is 1. The fourth-order valence-corrected chi connectivity index (χ4v) is 1.47. The molecule has 1 aromatic rings. The van der Waals surface area contributed by atoms with Crippen LogP contribution in [-0.2, 0) is 3.83 Å². The molecule has 0 amide bonds. The number of nitrogen functional groups attached to an aromatic ring is 1. The molecule has 11 heavy (non-hydrogen) atoms. The summed E-state index contributed by atoms with van der Waals surface area (Å²) in [7, 11) is 0. The van der Waals surface area contributed by atoms with E-state index in [0.29, 0.717) is 5.13 Å². The molecule has 0 saturated carbocycles. The van der Waals surface area contributed by atoms with Crippen molar-refractivity contribution in [2.45, 2.75) is 6.92 Å². The van der Waals surface area contributed by atoms with Crippen LogP contribution in [0.1, 0.15) is 15.4 Å². The first-order valence-corrected chi connectivity index (χ1v) is 4.17. The molecule has 0 aliphatic heterocycles. The van der Waals surface area contributed by atoms with Gasteiger partial charge in [0.05, 0.1) is 0 Å². The highest BCUT2D eigenvalue weighted by atomic mass is 79.9. The number of hydrogen-bond acceptors (Lipinski definition) is 5. The Balaban J connectivity index is 3.03. The first-order valence-electron chi connectivity index (χ1n) is 2.71. The number of aromatic nitrogens is 1. The van der Waals surface area contributed by atoms with Gasteiger partial charge in [0.15, 0.2) is 27.1 Å². The van der Waals surface area contributed by atoms with Crippen LogP contribution in [0.3, 0.4) is 0 Å². The average molecular weight is 237 g/mol. The number of nitrogens with zero attached hydrogens (tertiary/aromatic N) is 1. The van der Waals surface area contributed by atoms with E-state index in [1.165, 1.54) is 11.3 Å². The Morgan fingerprint density at radius 3 is 2.82 bits per heavy atom. The van der Waals surface area contributed by atoms with Gasteiger partial charge in [-0.2, -0.15) is 0 Å². The third-order valence-electron chi connectivity index (χ3n) is 1.08. The highest BCUT2D eigenvalue weighted by Gasteiger charge is 2.14. The van der Waals surface area contributed by atoms with Crippen molar-refractivity contribution in [1.82, 2.24) is 4.98 Å². The summed E-state index contributed by atoms with van der Waals surface area (Å²) in [4.78, 5) is 15.4. The summed E-state index contributed by atoms with van der Waals surface area (Å²) in [6.45, 7) is 1.76. The molecule has 0 aliphatic carbocycles. The highest BCUT2D eigenvalue weighted by molar-refractivity contribution is 9.06. The largest absolute Gasteiger partial charge is 0.379 e.